The lowest BCUT2D eigenvalue weighted by Gasteiger charge is -2.19. The number of anilines is 1. The fraction of sp³-hybridized carbons (Fsp3) is 0.346. The molecule has 3 aromatic rings. The number of fused-ring (bicyclic) bond motifs is 1. The Hall–Kier alpha value is -3.86. The van der Waals surface area contributed by atoms with Crippen molar-refractivity contribution in [3.63, 3.8) is 0 Å². The molecule has 1 aliphatic rings. The zero-order valence-corrected chi connectivity index (χ0v) is 20.1. The Bertz CT molecular complexity index is 1170. The van der Waals surface area contributed by atoms with Crippen LogP contribution in [-0.4, -0.2) is 52.6 Å². The molecule has 1 aromatic carbocycles. The van der Waals surface area contributed by atoms with E-state index in [0.29, 0.717) is 29.6 Å². The summed E-state index contributed by atoms with van der Waals surface area (Å²) in [5.74, 6) is -0.713. The number of rotatable bonds is 5. The Balaban J connectivity index is 0.000000970. The third kappa shape index (κ3) is 5.54. The molecular weight excluding hydrogens is 433 g/mol. The number of nitrogens with two attached hydrogens (primary N) is 1. The molecule has 8 heteroatoms. The smallest absolute Gasteiger partial charge is 0.253 e. The molecule has 0 aliphatic heterocycles. The number of alkyl halides is 1. The van der Waals surface area contributed by atoms with Crippen LogP contribution in [-0.2, 0) is 0 Å². The van der Waals surface area contributed by atoms with E-state index in [0.717, 1.165) is 17.5 Å². The molecular formula is C26H32FN5O2. The normalized spacial score (nSPS) is 16.6. The molecule has 2 heterocycles. The van der Waals surface area contributed by atoms with Crippen molar-refractivity contribution in [2.75, 3.05) is 19.4 Å². The maximum absolute atomic E-state index is 14.2. The number of amides is 2. The number of carbonyl (C=O) groups excluding carboxylic acids is 2. The molecule has 2 atom stereocenters. The van der Waals surface area contributed by atoms with Crippen LogP contribution in [0.4, 0.5) is 10.1 Å². The SMILES string of the molecule is C#C.CC.CN(C)C(=O)c1cccc(-c2cc3c(N[C@@H]4CCC[C@@H]4F)c(C(N)=O)cnn3c2)c1. The molecule has 1 fully saturated rings. The van der Waals surface area contributed by atoms with E-state index in [1.165, 1.54) is 11.1 Å². The van der Waals surface area contributed by atoms with Crippen molar-refractivity contribution in [1.29, 1.82) is 0 Å². The molecule has 2 amide bonds. The molecule has 34 heavy (non-hydrogen) atoms. The number of primary amides is 1. The third-order valence-electron chi connectivity index (χ3n) is 5.51. The topological polar surface area (TPSA) is 92.7 Å². The van der Waals surface area contributed by atoms with Crippen LogP contribution in [0.25, 0.3) is 16.6 Å². The maximum Gasteiger partial charge on any atom is 0.253 e. The fourth-order valence-corrected chi connectivity index (χ4v) is 3.91. The highest BCUT2D eigenvalue weighted by Gasteiger charge is 2.29. The quantitative estimate of drug-likeness (QED) is 0.547. The molecule has 7 nitrogen and oxygen atoms in total. The second-order valence-corrected chi connectivity index (χ2v) is 7.83. The minimum atomic E-state index is -0.970. The maximum atomic E-state index is 14.2. The van der Waals surface area contributed by atoms with Crippen LogP contribution in [0.5, 0.6) is 0 Å². The summed E-state index contributed by atoms with van der Waals surface area (Å²) in [6.45, 7) is 4.00. The van der Waals surface area contributed by atoms with Crippen LogP contribution in [0.15, 0.2) is 42.7 Å². The van der Waals surface area contributed by atoms with Crippen LogP contribution < -0.4 is 11.1 Å². The van der Waals surface area contributed by atoms with E-state index in [1.54, 1.807) is 24.7 Å². The van der Waals surface area contributed by atoms with E-state index in [-0.39, 0.29) is 17.5 Å². The molecule has 0 unspecified atom stereocenters. The molecule has 1 aliphatic carbocycles. The highest BCUT2D eigenvalue weighted by molar-refractivity contribution is 6.02. The first kappa shape index (κ1) is 26.4. The summed E-state index contributed by atoms with van der Waals surface area (Å²) >= 11 is 0. The third-order valence-corrected chi connectivity index (χ3v) is 5.51. The van der Waals surface area contributed by atoms with Gasteiger partial charge in [0.1, 0.15) is 6.17 Å². The number of carbonyl (C=O) groups is 2. The van der Waals surface area contributed by atoms with E-state index in [9.17, 15) is 14.0 Å². The van der Waals surface area contributed by atoms with Gasteiger partial charge in [0.15, 0.2) is 0 Å². The van der Waals surface area contributed by atoms with Crippen molar-refractivity contribution < 1.29 is 14.0 Å². The van der Waals surface area contributed by atoms with Gasteiger partial charge in [0, 0.05) is 31.4 Å². The van der Waals surface area contributed by atoms with Crippen molar-refractivity contribution in [1.82, 2.24) is 14.5 Å². The highest BCUT2D eigenvalue weighted by atomic mass is 19.1. The van der Waals surface area contributed by atoms with Gasteiger partial charge in [0.2, 0.25) is 0 Å². The lowest BCUT2D eigenvalue weighted by atomic mass is 10.0. The number of halogens is 1. The number of nitrogens with zero attached hydrogens (tertiary/aromatic N) is 3. The summed E-state index contributed by atoms with van der Waals surface area (Å²) in [5.41, 5.74) is 9.12. The first-order valence-corrected chi connectivity index (χ1v) is 11.2. The van der Waals surface area contributed by atoms with Gasteiger partial charge >= 0.3 is 0 Å². The molecule has 0 spiro atoms. The molecule has 1 saturated carbocycles. The van der Waals surface area contributed by atoms with Crippen LogP contribution in [0, 0.1) is 12.8 Å². The van der Waals surface area contributed by atoms with Crippen molar-refractivity contribution >= 4 is 23.0 Å². The van der Waals surface area contributed by atoms with E-state index < -0.39 is 12.1 Å². The Morgan fingerprint density at radius 1 is 1.18 bits per heavy atom. The van der Waals surface area contributed by atoms with Crippen molar-refractivity contribution in [2.45, 2.75) is 45.3 Å². The molecule has 0 bridgehead atoms. The van der Waals surface area contributed by atoms with Crippen molar-refractivity contribution in [3.8, 4) is 24.0 Å². The van der Waals surface area contributed by atoms with Gasteiger partial charge in [0.05, 0.1) is 29.0 Å². The second-order valence-electron chi connectivity index (χ2n) is 7.83. The van der Waals surface area contributed by atoms with Gasteiger partial charge in [-0.2, -0.15) is 5.10 Å². The summed E-state index contributed by atoms with van der Waals surface area (Å²) in [5, 5.41) is 7.49. The average molecular weight is 466 g/mol. The summed E-state index contributed by atoms with van der Waals surface area (Å²) in [4.78, 5) is 25.8. The van der Waals surface area contributed by atoms with Gasteiger partial charge in [-0.05, 0) is 43.0 Å². The number of aromatic nitrogens is 2. The number of hydrogen-bond donors (Lipinski definition) is 2. The van der Waals surface area contributed by atoms with E-state index in [2.05, 4.69) is 23.3 Å². The van der Waals surface area contributed by atoms with Crippen LogP contribution >= 0.6 is 0 Å². The molecule has 0 radical (unpaired) electrons. The highest BCUT2D eigenvalue weighted by Crippen LogP contribution is 2.32. The summed E-state index contributed by atoms with van der Waals surface area (Å²) in [6.07, 6.45) is 12.2. The number of benzene rings is 1. The minimum Gasteiger partial charge on any atom is -0.377 e. The van der Waals surface area contributed by atoms with Gasteiger partial charge in [-0.15, -0.1) is 12.8 Å². The largest absolute Gasteiger partial charge is 0.377 e. The second kappa shape index (κ2) is 11.8. The standard InChI is InChI=1S/C22H24FN5O2.C2H6.C2H2/c1-27(2)22(30)14-6-3-5-13(9-14)15-10-19-20(26-18-8-4-7-17(18)23)16(21(24)29)11-25-28(19)12-15;2*1-2/h3,5-6,9-12,17-18,26H,4,7-8H2,1-2H3,(H2,24,29);1-2H3;1-2H/t17-,18+;;/m0../s1. The van der Waals surface area contributed by atoms with E-state index in [1.807, 2.05) is 44.3 Å². The predicted molar refractivity (Wildman–Crippen MR) is 135 cm³/mol. The van der Waals surface area contributed by atoms with Crippen molar-refractivity contribution in [3.05, 3.63) is 53.9 Å². The fourth-order valence-electron chi connectivity index (χ4n) is 3.91. The van der Waals surface area contributed by atoms with Gasteiger partial charge < -0.3 is 16.0 Å². The summed E-state index contributed by atoms with van der Waals surface area (Å²) in [6, 6.07) is 8.80. The Labute approximate surface area is 200 Å². The van der Waals surface area contributed by atoms with Gasteiger partial charge in [-0.3, -0.25) is 9.59 Å². The Kier molecular flexibility index (Phi) is 9.19. The minimum absolute atomic E-state index is 0.0904. The number of hydrogen-bond acceptors (Lipinski definition) is 4. The Morgan fingerprint density at radius 2 is 1.88 bits per heavy atom. The lowest BCUT2D eigenvalue weighted by molar-refractivity contribution is 0.0827. The molecule has 4 rings (SSSR count). The van der Waals surface area contributed by atoms with Crippen molar-refractivity contribution in [2.24, 2.45) is 5.73 Å². The summed E-state index contributed by atoms with van der Waals surface area (Å²) < 4.78 is 15.9. The zero-order valence-electron chi connectivity index (χ0n) is 20.1. The summed E-state index contributed by atoms with van der Waals surface area (Å²) in [7, 11) is 3.41. The molecule has 180 valence electrons. The molecule has 3 N–H and O–H groups in total. The van der Waals surface area contributed by atoms with Crippen LogP contribution in [0.3, 0.4) is 0 Å². The van der Waals surface area contributed by atoms with Gasteiger partial charge in [0.25, 0.3) is 11.8 Å². The zero-order chi connectivity index (χ0) is 25.4. The Morgan fingerprint density at radius 3 is 2.47 bits per heavy atom. The van der Waals surface area contributed by atoms with Gasteiger partial charge in [-0.25, -0.2) is 8.91 Å². The van der Waals surface area contributed by atoms with E-state index >= 15 is 0 Å². The first-order valence-electron chi connectivity index (χ1n) is 11.2. The van der Waals surface area contributed by atoms with Crippen LogP contribution in [0.2, 0.25) is 0 Å². The van der Waals surface area contributed by atoms with E-state index in [4.69, 9.17) is 5.73 Å². The predicted octanol–water partition coefficient (Wildman–Crippen LogP) is 4.38. The first-order chi connectivity index (χ1) is 16.3. The monoisotopic (exact) mass is 465 g/mol. The van der Waals surface area contributed by atoms with Crippen LogP contribution in [0.1, 0.15) is 53.8 Å². The molecule has 0 saturated heterocycles. The molecule has 2 aromatic heterocycles. The number of nitrogens with one attached hydrogen (secondary N) is 1. The van der Waals surface area contributed by atoms with Gasteiger partial charge in [-0.1, -0.05) is 26.0 Å². The lowest BCUT2D eigenvalue weighted by Crippen LogP contribution is -2.27. The average Bonchev–Trinajstić information content (AvgIpc) is 3.47. The number of terminal acetylenes is 1.